The summed E-state index contributed by atoms with van der Waals surface area (Å²) in [7, 11) is 0. The molecule has 1 atom stereocenters. The molecule has 0 amide bonds. The van der Waals surface area contributed by atoms with Crippen LogP contribution in [-0.2, 0) is 6.42 Å². The van der Waals surface area contributed by atoms with Gasteiger partial charge in [-0.25, -0.2) is 9.97 Å². The minimum Gasteiger partial charge on any atom is -0.300 e. The second kappa shape index (κ2) is 8.25. The van der Waals surface area contributed by atoms with E-state index in [4.69, 9.17) is 9.97 Å². The molecule has 5 rings (SSSR count). The van der Waals surface area contributed by atoms with Crippen LogP contribution < -0.4 is 0 Å². The number of aryl methyl sites for hydroxylation is 1. The Kier molecular flexibility index (Phi) is 5.32. The molecule has 0 saturated carbocycles. The van der Waals surface area contributed by atoms with E-state index in [1.807, 2.05) is 12.3 Å². The van der Waals surface area contributed by atoms with Crippen LogP contribution in [0.1, 0.15) is 31.0 Å². The Labute approximate surface area is 181 Å². The average molecular weight is 415 g/mol. The van der Waals surface area contributed by atoms with Crippen molar-refractivity contribution in [3.63, 3.8) is 0 Å². The summed E-state index contributed by atoms with van der Waals surface area (Å²) in [6.07, 6.45) is 7.35. The second-order valence-electron chi connectivity index (χ2n) is 8.14. The largest absolute Gasteiger partial charge is 0.300 e. The molecule has 152 valence electrons. The molecule has 30 heavy (non-hydrogen) atoms. The summed E-state index contributed by atoms with van der Waals surface area (Å²) in [6.45, 7) is 6.75. The van der Waals surface area contributed by atoms with Gasteiger partial charge in [-0.15, -0.1) is 11.3 Å². The Morgan fingerprint density at radius 2 is 2.03 bits per heavy atom. The van der Waals surface area contributed by atoms with Crippen molar-refractivity contribution in [2.24, 2.45) is 0 Å². The van der Waals surface area contributed by atoms with Crippen molar-refractivity contribution < 1.29 is 0 Å². The monoisotopic (exact) mass is 414 g/mol. The molecule has 5 heteroatoms. The zero-order chi connectivity index (χ0) is 20.5. The lowest BCUT2D eigenvalue weighted by Crippen LogP contribution is -2.29. The topological polar surface area (TPSA) is 41.9 Å². The predicted octanol–water partition coefficient (Wildman–Crippen LogP) is 5.76. The average Bonchev–Trinajstić information content (AvgIpc) is 3.37. The maximum absolute atomic E-state index is 5.11. The van der Waals surface area contributed by atoms with Crippen molar-refractivity contribution in [3.8, 4) is 21.1 Å². The predicted molar refractivity (Wildman–Crippen MR) is 125 cm³/mol. The third-order valence-electron chi connectivity index (χ3n) is 6.10. The Bertz CT molecular complexity index is 1170. The van der Waals surface area contributed by atoms with E-state index in [0.717, 1.165) is 45.3 Å². The minimum atomic E-state index is 0.703. The number of hydrogen-bond acceptors (Lipinski definition) is 5. The van der Waals surface area contributed by atoms with E-state index in [1.165, 1.54) is 30.3 Å². The molecule has 1 fully saturated rings. The summed E-state index contributed by atoms with van der Waals surface area (Å²) in [5.41, 5.74) is 5.54. The van der Waals surface area contributed by atoms with E-state index >= 15 is 0 Å². The van der Waals surface area contributed by atoms with Gasteiger partial charge in [-0.2, -0.15) is 0 Å². The molecule has 0 unspecified atom stereocenters. The Hall–Kier alpha value is -2.63. The normalized spacial score (nSPS) is 17.1. The number of para-hydroxylation sites is 1. The molecule has 0 spiro atoms. The third kappa shape index (κ3) is 3.75. The molecular formula is C25H26N4S. The van der Waals surface area contributed by atoms with Crippen LogP contribution >= 0.6 is 11.3 Å². The van der Waals surface area contributed by atoms with E-state index in [1.54, 1.807) is 17.5 Å². The Balaban J connectivity index is 1.48. The highest BCUT2D eigenvalue weighted by molar-refractivity contribution is 7.18. The Morgan fingerprint density at radius 3 is 2.83 bits per heavy atom. The molecule has 4 heterocycles. The lowest BCUT2D eigenvalue weighted by molar-refractivity contribution is 0.272. The number of nitrogens with zero attached hydrogens (tertiary/aromatic N) is 4. The number of hydrogen-bond donors (Lipinski definition) is 0. The van der Waals surface area contributed by atoms with Crippen LogP contribution in [0, 0.1) is 6.92 Å². The summed E-state index contributed by atoms with van der Waals surface area (Å²) in [6, 6.07) is 15.6. The summed E-state index contributed by atoms with van der Waals surface area (Å²) in [5.74, 6) is 0. The molecule has 0 aliphatic carbocycles. The van der Waals surface area contributed by atoms with Crippen LogP contribution in [0.2, 0.25) is 0 Å². The first kappa shape index (κ1) is 19.3. The van der Waals surface area contributed by atoms with Gasteiger partial charge in [0.15, 0.2) is 0 Å². The first-order valence-corrected chi connectivity index (χ1v) is 11.5. The maximum atomic E-state index is 5.11. The molecule has 1 aliphatic rings. The van der Waals surface area contributed by atoms with Gasteiger partial charge in [0, 0.05) is 35.9 Å². The van der Waals surface area contributed by atoms with E-state index in [9.17, 15) is 0 Å². The van der Waals surface area contributed by atoms with Gasteiger partial charge < -0.3 is 4.90 Å². The van der Waals surface area contributed by atoms with E-state index in [-0.39, 0.29) is 0 Å². The van der Waals surface area contributed by atoms with Gasteiger partial charge in [-0.1, -0.05) is 24.3 Å². The maximum Gasteiger partial charge on any atom is 0.125 e. The van der Waals surface area contributed by atoms with Crippen molar-refractivity contribution in [1.29, 1.82) is 0 Å². The zero-order valence-corrected chi connectivity index (χ0v) is 18.3. The number of fused-ring (bicyclic) bond motifs is 1. The van der Waals surface area contributed by atoms with Gasteiger partial charge in [0.05, 0.1) is 21.8 Å². The third-order valence-corrected chi connectivity index (χ3v) is 7.33. The molecule has 0 bridgehead atoms. The summed E-state index contributed by atoms with van der Waals surface area (Å²) < 4.78 is 0. The van der Waals surface area contributed by atoms with Crippen LogP contribution in [0.25, 0.3) is 32.0 Å². The lowest BCUT2D eigenvalue weighted by atomic mass is 10.1. The van der Waals surface area contributed by atoms with E-state index < -0.39 is 0 Å². The SMILES string of the molecule is Cc1nc(-c2cccnc2)sc1-c1ccc2cccc(CCN3CCC[C@H]3C)c2n1. The molecular weight excluding hydrogens is 388 g/mol. The van der Waals surface area contributed by atoms with Crippen molar-refractivity contribution in [2.75, 3.05) is 13.1 Å². The second-order valence-corrected chi connectivity index (χ2v) is 9.14. The van der Waals surface area contributed by atoms with Gasteiger partial charge in [-0.05, 0) is 63.4 Å². The van der Waals surface area contributed by atoms with Crippen LogP contribution in [0.4, 0.5) is 0 Å². The van der Waals surface area contributed by atoms with Crippen molar-refractivity contribution in [1.82, 2.24) is 19.9 Å². The lowest BCUT2D eigenvalue weighted by Gasteiger charge is -2.21. The van der Waals surface area contributed by atoms with Crippen LogP contribution in [0.15, 0.2) is 54.9 Å². The number of rotatable bonds is 5. The van der Waals surface area contributed by atoms with Crippen molar-refractivity contribution >= 4 is 22.2 Å². The number of benzene rings is 1. The van der Waals surface area contributed by atoms with E-state index in [0.29, 0.717) is 6.04 Å². The minimum absolute atomic E-state index is 0.703. The summed E-state index contributed by atoms with van der Waals surface area (Å²) in [4.78, 5) is 17.9. The quantitative estimate of drug-likeness (QED) is 0.417. The van der Waals surface area contributed by atoms with Crippen LogP contribution in [0.3, 0.4) is 0 Å². The molecule has 1 aromatic carbocycles. The van der Waals surface area contributed by atoms with Crippen LogP contribution in [0.5, 0.6) is 0 Å². The molecule has 1 saturated heterocycles. The molecule has 4 nitrogen and oxygen atoms in total. The molecule has 3 aromatic heterocycles. The van der Waals surface area contributed by atoms with Crippen molar-refractivity contribution in [3.05, 3.63) is 66.1 Å². The summed E-state index contributed by atoms with van der Waals surface area (Å²) in [5, 5.41) is 2.20. The number of pyridine rings is 2. The first-order valence-electron chi connectivity index (χ1n) is 10.7. The number of thiazole rings is 1. The highest BCUT2D eigenvalue weighted by Crippen LogP contribution is 2.35. The van der Waals surface area contributed by atoms with Gasteiger partial charge in [0.1, 0.15) is 5.01 Å². The smallest absolute Gasteiger partial charge is 0.125 e. The van der Waals surface area contributed by atoms with E-state index in [2.05, 4.69) is 60.1 Å². The highest BCUT2D eigenvalue weighted by Gasteiger charge is 2.20. The van der Waals surface area contributed by atoms with Crippen LogP contribution in [-0.4, -0.2) is 39.0 Å². The van der Waals surface area contributed by atoms with Gasteiger partial charge >= 0.3 is 0 Å². The zero-order valence-electron chi connectivity index (χ0n) is 17.5. The Morgan fingerprint density at radius 1 is 1.10 bits per heavy atom. The van der Waals surface area contributed by atoms with Gasteiger partial charge in [0.25, 0.3) is 0 Å². The molecule has 4 aromatic rings. The number of likely N-dealkylation sites (tertiary alicyclic amines) is 1. The fourth-order valence-corrected chi connectivity index (χ4v) is 5.40. The van der Waals surface area contributed by atoms with Gasteiger partial charge in [0.2, 0.25) is 0 Å². The fourth-order valence-electron chi connectivity index (χ4n) is 4.37. The standard InChI is InChI=1S/C25H26N4S/c1-17-6-5-14-29(17)15-12-20-8-3-7-19-10-11-22(28-23(19)20)24-18(2)27-25(30-24)21-9-4-13-26-16-21/h3-4,7-11,13,16-17H,5-6,12,14-15H2,1-2H3/t17-/m1/s1. The molecule has 0 radical (unpaired) electrons. The van der Waals surface area contributed by atoms with Crippen molar-refractivity contribution in [2.45, 2.75) is 39.2 Å². The molecule has 0 N–H and O–H groups in total. The molecule has 1 aliphatic heterocycles. The van der Waals surface area contributed by atoms with Gasteiger partial charge in [-0.3, -0.25) is 4.98 Å². The summed E-state index contributed by atoms with van der Waals surface area (Å²) >= 11 is 1.69. The first-order chi connectivity index (χ1) is 14.7. The number of aromatic nitrogens is 3. The fraction of sp³-hybridized carbons (Fsp3) is 0.320. The highest BCUT2D eigenvalue weighted by atomic mass is 32.1.